The van der Waals surface area contributed by atoms with E-state index in [4.69, 9.17) is 5.11 Å². The van der Waals surface area contributed by atoms with E-state index < -0.39 is 11.8 Å². The molecule has 0 bridgehead atoms. The number of aromatic carboxylic acids is 1. The topological polar surface area (TPSA) is 49.3 Å². The molecule has 2 aromatic carbocycles. The highest BCUT2D eigenvalue weighted by Crippen LogP contribution is 2.25. The van der Waals surface area contributed by atoms with Gasteiger partial charge in [-0.25, -0.2) is 9.18 Å². The van der Waals surface area contributed by atoms with Gasteiger partial charge < -0.3 is 10.4 Å². The Labute approximate surface area is 110 Å². The fourth-order valence-electron chi connectivity index (χ4n) is 1.89. The second-order valence-corrected chi connectivity index (χ2v) is 4.24. The van der Waals surface area contributed by atoms with Gasteiger partial charge in [0, 0.05) is 6.04 Å². The van der Waals surface area contributed by atoms with Crippen molar-refractivity contribution in [1.82, 2.24) is 0 Å². The van der Waals surface area contributed by atoms with Crippen molar-refractivity contribution in [3.05, 3.63) is 65.5 Å². The molecule has 0 aliphatic heterocycles. The molecule has 2 rings (SSSR count). The molecule has 0 saturated heterocycles. The summed E-state index contributed by atoms with van der Waals surface area (Å²) in [6.45, 7) is 1.85. The van der Waals surface area contributed by atoms with Crippen LogP contribution in [0.4, 0.5) is 10.1 Å². The maximum absolute atomic E-state index is 13.8. The largest absolute Gasteiger partial charge is 0.478 e. The molecule has 0 spiro atoms. The van der Waals surface area contributed by atoms with E-state index in [9.17, 15) is 9.18 Å². The minimum absolute atomic E-state index is 0.0198. The number of carboxylic acids is 1. The third kappa shape index (κ3) is 2.91. The molecular formula is C15H14FNO2. The molecule has 3 nitrogen and oxygen atoms in total. The molecule has 0 heterocycles. The Morgan fingerprint density at radius 2 is 1.84 bits per heavy atom. The number of halogens is 1. The lowest BCUT2D eigenvalue weighted by Gasteiger charge is -2.17. The lowest BCUT2D eigenvalue weighted by atomic mass is 10.1. The van der Waals surface area contributed by atoms with E-state index in [-0.39, 0.29) is 17.3 Å². The number of nitrogens with one attached hydrogen (secondary N) is 1. The highest BCUT2D eigenvalue weighted by molar-refractivity contribution is 5.94. The second-order valence-electron chi connectivity index (χ2n) is 4.24. The van der Waals surface area contributed by atoms with Crippen LogP contribution in [0, 0.1) is 5.82 Å². The average Bonchev–Trinajstić information content (AvgIpc) is 2.41. The summed E-state index contributed by atoms with van der Waals surface area (Å²) < 4.78 is 13.8. The van der Waals surface area contributed by atoms with Crippen molar-refractivity contribution in [3.63, 3.8) is 0 Å². The lowest BCUT2D eigenvalue weighted by Crippen LogP contribution is -2.12. The van der Waals surface area contributed by atoms with Gasteiger partial charge in [-0.05, 0) is 24.6 Å². The Kier molecular flexibility index (Phi) is 3.80. The molecule has 0 radical (unpaired) electrons. The van der Waals surface area contributed by atoms with Crippen LogP contribution >= 0.6 is 0 Å². The van der Waals surface area contributed by atoms with E-state index in [0.29, 0.717) is 0 Å². The number of carbonyl (C=O) groups is 1. The minimum Gasteiger partial charge on any atom is -0.478 e. The van der Waals surface area contributed by atoms with E-state index in [1.807, 2.05) is 37.3 Å². The second kappa shape index (κ2) is 5.52. The van der Waals surface area contributed by atoms with Crippen molar-refractivity contribution in [1.29, 1.82) is 0 Å². The van der Waals surface area contributed by atoms with Gasteiger partial charge in [0.1, 0.15) is 5.82 Å². The number of rotatable bonds is 4. The van der Waals surface area contributed by atoms with Crippen molar-refractivity contribution in [3.8, 4) is 0 Å². The van der Waals surface area contributed by atoms with Gasteiger partial charge in [-0.1, -0.05) is 36.4 Å². The molecule has 2 N–H and O–H groups in total. The maximum Gasteiger partial charge on any atom is 0.337 e. The fourth-order valence-corrected chi connectivity index (χ4v) is 1.89. The van der Waals surface area contributed by atoms with E-state index in [1.165, 1.54) is 18.2 Å². The number of hydrogen-bond donors (Lipinski definition) is 2. The Morgan fingerprint density at radius 3 is 2.47 bits per heavy atom. The van der Waals surface area contributed by atoms with Gasteiger partial charge in [0.2, 0.25) is 0 Å². The Balaban J connectivity index is 2.31. The summed E-state index contributed by atoms with van der Waals surface area (Å²) in [5.74, 6) is -1.72. The molecule has 19 heavy (non-hydrogen) atoms. The van der Waals surface area contributed by atoms with Gasteiger partial charge in [0.15, 0.2) is 0 Å². The zero-order valence-electron chi connectivity index (χ0n) is 10.4. The highest BCUT2D eigenvalue weighted by atomic mass is 19.1. The zero-order valence-corrected chi connectivity index (χ0v) is 10.4. The number of para-hydroxylation sites is 1. The predicted molar refractivity (Wildman–Crippen MR) is 71.8 cm³/mol. The monoisotopic (exact) mass is 259 g/mol. The van der Waals surface area contributed by atoms with Crippen LogP contribution in [0.2, 0.25) is 0 Å². The Bertz CT molecular complexity index is 584. The zero-order chi connectivity index (χ0) is 13.8. The van der Waals surface area contributed by atoms with Crippen LogP contribution in [0.3, 0.4) is 0 Å². The van der Waals surface area contributed by atoms with E-state index >= 15 is 0 Å². The van der Waals surface area contributed by atoms with Gasteiger partial charge in [-0.15, -0.1) is 0 Å². The molecule has 2 aromatic rings. The third-order valence-corrected chi connectivity index (χ3v) is 2.90. The summed E-state index contributed by atoms with van der Waals surface area (Å²) in [4.78, 5) is 11.1. The molecule has 1 unspecified atom stereocenters. The number of benzene rings is 2. The summed E-state index contributed by atoms with van der Waals surface area (Å²) >= 11 is 0. The molecule has 0 saturated carbocycles. The van der Waals surface area contributed by atoms with Gasteiger partial charge in [-0.3, -0.25) is 0 Å². The van der Waals surface area contributed by atoms with Gasteiger partial charge in [0.05, 0.1) is 11.3 Å². The van der Waals surface area contributed by atoms with E-state index in [2.05, 4.69) is 5.32 Å². The van der Waals surface area contributed by atoms with Crippen LogP contribution in [-0.4, -0.2) is 11.1 Å². The third-order valence-electron chi connectivity index (χ3n) is 2.90. The van der Waals surface area contributed by atoms with Gasteiger partial charge in [-0.2, -0.15) is 0 Å². The molecular weight excluding hydrogens is 245 g/mol. The molecule has 0 aliphatic carbocycles. The standard InChI is InChI=1S/C15H14FNO2/c1-10(11-6-3-2-4-7-11)17-14-12(15(18)19)8-5-9-13(14)16/h2-10,17H,1H3,(H,18,19). The molecule has 0 amide bonds. The average molecular weight is 259 g/mol. The van der Waals surface area contributed by atoms with Crippen LogP contribution in [0.15, 0.2) is 48.5 Å². The van der Waals surface area contributed by atoms with Crippen molar-refractivity contribution in [2.45, 2.75) is 13.0 Å². The van der Waals surface area contributed by atoms with Crippen molar-refractivity contribution in [2.75, 3.05) is 5.32 Å². The Hall–Kier alpha value is -2.36. The first kappa shape index (κ1) is 13.1. The number of carboxylic acid groups (broad SMARTS) is 1. The number of anilines is 1. The van der Waals surface area contributed by atoms with Crippen molar-refractivity contribution >= 4 is 11.7 Å². The van der Waals surface area contributed by atoms with Crippen LogP contribution in [0.1, 0.15) is 28.9 Å². The molecule has 98 valence electrons. The van der Waals surface area contributed by atoms with Crippen LogP contribution in [0.5, 0.6) is 0 Å². The van der Waals surface area contributed by atoms with Gasteiger partial charge in [0.25, 0.3) is 0 Å². The van der Waals surface area contributed by atoms with Crippen molar-refractivity contribution < 1.29 is 14.3 Å². The molecule has 0 aliphatic rings. The predicted octanol–water partition coefficient (Wildman–Crippen LogP) is 3.70. The smallest absolute Gasteiger partial charge is 0.337 e. The summed E-state index contributed by atoms with van der Waals surface area (Å²) in [6, 6.07) is 13.3. The minimum atomic E-state index is -1.15. The first-order chi connectivity index (χ1) is 9.09. The van der Waals surface area contributed by atoms with Crippen LogP contribution < -0.4 is 5.32 Å². The normalized spacial score (nSPS) is 11.9. The summed E-state index contributed by atoms with van der Waals surface area (Å²) in [7, 11) is 0. The summed E-state index contributed by atoms with van der Waals surface area (Å²) in [5, 5.41) is 12.0. The van der Waals surface area contributed by atoms with Crippen molar-refractivity contribution in [2.24, 2.45) is 0 Å². The molecule has 0 fully saturated rings. The highest BCUT2D eigenvalue weighted by Gasteiger charge is 2.16. The summed E-state index contributed by atoms with van der Waals surface area (Å²) in [5.41, 5.74) is 0.913. The SMILES string of the molecule is CC(Nc1c(F)cccc1C(=O)O)c1ccccc1. The fraction of sp³-hybridized carbons (Fsp3) is 0.133. The first-order valence-corrected chi connectivity index (χ1v) is 5.93. The summed E-state index contributed by atoms with van der Waals surface area (Å²) in [6.07, 6.45) is 0. The van der Waals surface area contributed by atoms with Crippen LogP contribution in [-0.2, 0) is 0 Å². The Morgan fingerprint density at radius 1 is 1.16 bits per heavy atom. The van der Waals surface area contributed by atoms with Gasteiger partial charge >= 0.3 is 5.97 Å². The molecule has 0 aromatic heterocycles. The molecule has 4 heteroatoms. The van der Waals surface area contributed by atoms with Crippen LogP contribution in [0.25, 0.3) is 0 Å². The number of hydrogen-bond acceptors (Lipinski definition) is 2. The lowest BCUT2D eigenvalue weighted by molar-refractivity contribution is 0.0697. The van der Waals surface area contributed by atoms with E-state index in [1.54, 1.807) is 0 Å². The quantitative estimate of drug-likeness (QED) is 0.880. The first-order valence-electron chi connectivity index (χ1n) is 5.93. The van der Waals surface area contributed by atoms with E-state index in [0.717, 1.165) is 5.56 Å². The maximum atomic E-state index is 13.8. The molecule has 1 atom stereocenters.